The molecular formula is C14H11ClF3N3. The molecule has 0 aliphatic carbocycles. The van der Waals surface area contributed by atoms with Crippen molar-refractivity contribution in [2.75, 3.05) is 11.4 Å². The number of anilines is 2. The van der Waals surface area contributed by atoms with Gasteiger partial charge < -0.3 is 4.90 Å². The van der Waals surface area contributed by atoms with Gasteiger partial charge in [0.2, 0.25) is 5.28 Å². The lowest BCUT2D eigenvalue weighted by Crippen LogP contribution is -2.26. The summed E-state index contributed by atoms with van der Waals surface area (Å²) in [5, 5.41) is -0.400. The van der Waals surface area contributed by atoms with Crippen LogP contribution in [0.25, 0.3) is 0 Å². The molecule has 1 aromatic carbocycles. The first-order chi connectivity index (χ1) is 9.95. The third-order valence-electron chi connectivity index (χ3n) is 3.36. The number of hydrogen-bond donors (Lipinski definition) is 0. The maximum Gasteiger partial charge on any atom is 0.433 e. The van der Waals surface area contributed by atoms with Crippen LogP contribution in [0, 0.1) is 0 Å². The zero-order valence-electron chi connectivity index (χ0n) is 10.9. The van der Waals surface area contributed by atoms with Gasteiger partial charge in [-0.1, -0.05) is 18.2 Å². The second-order valence-electron chi connectivity index (χ2n) is 4.76. The van der Waals surface area contributed by atoms with Gasteiger partial charge in [0.1, 0.15) is 5.82 Å². The summed E-state index contributed by atoms with van der Waals surface area (Å²) in [4.78, 5) is 8.96. The van der Waals surface area contributed by atoms with Gasteiger partial charge in [-0.05, 0) is 36.1 Å². The average Bonchev–Trinajstić information content (AvgIpc) is 2.45. The van der Waals surface area contributed by atoms with Crippen LogP contribution in [0.4, 0.5) is 24.7 Å². The molecule has 2 aromatic rings. The van der Waals surface area contributed by atoms with E-state index in [0.29, 0.717) is 6.54 Å². The fourth-order valence-corrected chi connectivity index (χ4v) is 2.64. The third kappa shape index (κ3) is 2.81. The summed E-state index contributed by atoms with van der Waals surface area (Å²) in [5.41, 5.74) is 0.930. The molecule has 1 aliphatic heterocycles. The van der Waals surface area contributed by atoms with Crippen LogP contribution in [0.5, 0.6) is 0 Å². The van der Waals surface area contributed by atoms with Crippen LogP contribution in [0.1, 0.15) is 17.7 Å². The normalized spacial score (nSPS) is 15.0. The number of rotatable bonds is 1. The average molecular weight is 314 g/mol. The summed E-state index contributed by atoms with van der Waals surface area (Å²) in [7, 11) is 0. The molecule has 2 heterocycles. The Balaban J connectivity index is 2.08. The van der Waals surface area contributed by atoms with Crippen molar-refractivity contribution < 1.29 is 13.2 Å². The van der Waals surface area contributed by atoms with E-state index in [0.717, 1.165) is 30.2 Å². The summed E-state index contributed by atoms with van der Waals surface area (Å²) < 4.78 is 38.5. The maximum atomic E-state index is 12.8. The van der Waals surface area contributed by atoms with Crippen LogP contribution < -0.4 is 4.90 Å². The third-order valence-corrected chi connectivity index (χ3v) is 3.53. The van der Waals surface area contributed by atoms with Crippen LogP contribution in [0.15, 0.2) is 30.3 Å². The lowest BCUT2D eigenvalue weighted by Gasteiger charge is -2.30. The SMILES string of the molecule is FC(F)(F)c1cc(N2CCCc3ccccc32)nc(Cl)n1. The number of halogens is 4. The second-order valence-corrected chi connectivity index (χ2v) is 5.10. The molecule has 0 amide bonds. The lowest BCUT2D eigenvalue weighted by atomic mass is 10.0. The molecule has 3 nitrogen and oxygen atoms in total. The number of aryl methyl sites for hydroxylation is 1. The number of aromatic nitrogens is 2. The molecule has 0 atom stereocenters. The lowest BCUT2D eigenvalue weighted by molar-refractivity contribution is -0.141. The largest absolute Gasteiger partial charge is 0.433 e. The van der Waals surface area contributed by atoms with E-state index in [1.54, 1.807) is 4.90 Å². The Morgan fingerprint density at radius 3 is 2.67 bits per heavy atom. The Labute approximate surface area is 124 Å². The monoisotopic (exact) mass is 313 g/mol. The summed E-state index contributed by atoms with van der Waals surface area (Å²) >= 11 is 5.65. The molecule has 7 heteroatoms. The number of hydrogen-bond acceptors (Lipinski definition) is 3. The van der Waals surface area contributed by atoms with Crippen LogP contribution in [-0.2, 0) is 12.6 Å². The van der Waals surface area contributed by atoms with Crippen molar-refractivity contribution in [2.24, 2.45) is 0 Å². The number of nitrogens with zero attached hydrogens (tertiary/aromatic N) is 3. The molecule has 110 valence electrons. The Bertz CT molecular complexity index is 673. The van der Waals surface area contributed by atoms with Crippen molar-refractivity contribution in [3.05, 3.63) is 46.9 Å². The Hall–Kier alpha value is -1.82. The van der Waals surface area contributed by atoms with Crippen molar-refractivity contribution >= 4 is 23.1 Å². The quantitative estimate of drug-likeness (QED) is 0.738. The topological polar surface area (TPSA) is 29.0 Å². The molecule has 0 saturated heterocycles. The van der Waals surface area contributed by atoms with Gasteiger partial charge in [0.05, 0.1) is 0 Å². The van der Waals surface area contributed by atoms with E-state index in [1.807, 2.05) is 24.3 Å². The molecule has 1 aromatic heterocycles. The zero-order valence-corrected chi connectivity index (χ0v) is 11.6. The van der Waals surface area contributed by atoms with E-state index < -0.39 is 17.2 Å². The highest BCUT2D eigenvalue weighted by atomic mass is 35.5. The van der Waals surface area contributed by atoms with E-state index >= 15 is 0 Å². The second kappa shape index (κ2) is 5.18. The fourth-order valence-electron chi connectivity index (χ4n) is 2.46. The van der Waals surface area contributed by atoms with Crippen molar-refractivity contribution in [2.45, 2.75) is 19.0 Å². The fraction of sp³-hybridized carbons (Fsp3) is 0.286. The zero-order chi connectivity index (χ0) is 15.0. The molecule has 0 fully saturated rings. The van der Waals surface area contributed by atoms with Gasteiger partial charge in [-0.25, -0.2) is 9.97 Å². The molecule has 0 radical (unpaired) electrons. The highest BCUT2D eigenvalue weighted by molar-refractivity contribution is 6.28. The minimum Gasteiger partial charge on any atom is -0.326 e. The van der Waals surface area contributed by atoms with Gasteiger partial charge in [0.15, 0.2) is 5.69 Å². The Kier molecular flexibility index (Phi) is 3.49. The molecule has 3 rings (SSSR count). The Morgan fingerprint density at radius 1 is 1.14 bits per heavy atom. The van der Waals surface area contributed by atoms with Crippen LogP contribution in [0.2, 0.25) is 5.28 Å². The van der Waals surface area contributed by atoms with Crippen molar-refractivity contribution in [1.29, 1.82) is 0 Å². The molecule has 1 aliphatic rings. The van der Waals surface area contributed by atoms with E-state index in [4.69, 9.17) is 11.6 Å². The standard InChI is InChI=1S/C14H11ClF3N3/c15-13-19-11(14(16,17)18)8-12(20-13)21-7-3-5-9-4-1-2-6-10(9)21/h1-2,4,6,8H,3,5,7H2. The highest BCUT2D eigenvalue weighted by Crippen LogP contribution is 2.35. The van der Waals surface area contributed by atoms with Crippen molar-refractivity contribution in [3.63, 3.8) is 0 Å². The maximum absolute atomic E-state index is 12.8. The summed E-state index contributed by atoms with van der Waals surface area (Å²) in [6.07, 6.45) is -2.80. The number of fused-ring (bicyclic) bond motifs is 1. The molecule has 0 N–H and O–H groups in total. The van der Waals surface area contributed by atoms with Gasteiger partial charge >= 0.3 is 6.18 Å². The van der Waals surface area contributed by atoms with E-state index in [1.165, 1.54) is 0 Å². The first kappa shape index (κ1) is 14.1. The smallest absolute Gasteiger partial charge is 0.326 e. The van der Waals surface area contributed by atoms with Crippen molar-refractivity contribution in [3.8, 4) is 0 Å². The number of benzene rings is 1. The Morgan fingerprint density at radius 2 is 1.90 bits per heavy atom. The molecule has 0 saturated carbocycles. The van der Waals surface area contributed by atoms with E-state index in [9.17, 15) is 13.2 Å². The van der Waals surface area contributed by atoms with Crippen LogP contribution in [-0.4, -0.2) is 16.5 Å². The van der Waals surface area contributed by atoms with Gasteiger partial charge in [-0.2, -0.15) is 13.2 Å². The van der Waals surface area contributed by atoms with Gasteiger partial charge in [-0.3, -0.25) is 0 Å². The van der Waals surface area contributed by atoms with Crippen LogP contribution in [0.3, 0.4) is 0 Å². The predicted molar refractivity (Wildman–Crippen MR) is 73.8 cm³/mol. The van der Waals surface area contributed by atoms with E-state index in [2.05, 4.69) is 9.97 Å². The molecule has 0 unspecified atom stereocenters. The molecule has 0 bridgehead atoms. The van der Waals surface area contributed by atoms with E-state index in [-0.39, 0.29) is 5.82 Å². The van der Waals surface area contributed by atoms with Gasteiger partial charge in [-0.15, -0.1) is 0 Å². The summed E-state index contributed by atoms with van der Waals surface area (Å²) in [6, 6.07) is 8.54. The molecule has 21 heavy (non-hydrogen) atoms. The van der Waals surface area contributed by atoms with Gasteiger partial charge in [0.25, 0.3) is 0 Å². The number of para-hydroxylation sites is 1. The number of alkyl halides is 3. The predicted octanol–water partition coefficient (Wildman–Crippen LogP) is 4.23. The first-order valence-electron chi connectivity index (χ1n) is 6.42. The van der Waals surface area contributed by atoms with Gasteiger partial charge in [0, 0.05) is 18.3 Å². The van der Waals surface area contributed by atoms with Crippen LogP contribution >= 0.6 is 11.6 Å². The summed E-state index contributed by atoms with van der Waals surface area (Å²) in [6.45, 7) is 0.599. The molecule has 0 spiro atoms. The van der Waals surface area contributed by atoms with Crippen molar-refractivity contribution in [1.82, 2.24) is 9.97 Å². The minimum absolute atomic E-state index is 0.175. The first-order valence-corrected chi connectivity index (χ1v) is 6.80. The highest BCUT2D eigenvalue weighted by Gasteiger charge is 2.34. The minimum atomic E-state index is -4.55. The summed E-state index contributed by atoms with van der Waals surface area (Å²) in [5.74, 6) is 0.175. The molecular weight excluding hydrogens is 303 g/mol.